The average molecular weight is 251 g/mol. The first kappa shape index (κ1) is 12.0. The lowest BCUT2D eigenvalue weighted by Crippen LogP contribution is -2.19. The summed E-state index contributed by atoms with van der Waals surface area (Å²) in [6.45, 7) is 2.03. The summed E-state index contributed by atoms with van der Waals surface area (Å²) >= 11 is 0. The van der Waals surface area contributed by atoms with Crippen LogP contribution < -0.4 is 10.1 Å². The second kappa shape index (κ2) is 5.72. The topological polar surface area (TPSA) is 21.3 Å². The Morgan fingerprint density at radius 1 is 0.842 bits per heavy atom. The van der Waals surface area contributed by atoms with Crippen molar-refractivity contribution >= 4 is 5.57 Å². The molecule has 3 rings (SSSR count). The van der Waals surface area contributed by atoms with E-state index < -0.39 is 0 Å². The first-order valence-electron chi connectivity index (χ1n) is 6.65. The van der Waals surface area contributed by atoms with E-state index in [2.05, 4.69) is 23.5 Å². The second-order valence-electron chi connectivity index (χ2n) is 4.62. The molecule has 0 saturated heterocycles. The second-order valence-corrected chi connectivity index (χ2v) is 4.62. The van der Waals surface area contributed by atoms with Gasteiger partial charge in [-0.3, -0.25) is 0 Å². The van der Waals surface area contributed by atoms with Crippen molar-refractivity contribution in [3.63, 3.8) is 0 Å². The van der Waals surface area contributed by atoms with Crippen molar-refractivity contribution in [2.75, 3.05) is 13.1 Å². The van der Waals surface area contributed by atoms with E-state index in [9.17, 15) is 0 Å². The van der Waals surface area contributed by atoms with Gasteiger partial charge in [0.25, 0.3) is 0 Å². The maximum Gasteiger partial charge on any atom is 0.127 e. The number of para-hydroxylation sites is 1. The molecule has 96 valence electrons. The molecule has 0 unspecified atom stereocenters. The molecular formula is C17H17NO. The molecule has 0 saturated carbocycles. The van der Waals surface area contributed by atoms with Crippen molar-refractivity contribution in [2.45, 2.75) is 6.42 Å². The zero-order valence-electron chi connectivity index (χ0n) is 10.8. The van der Waals surface area contributed by atoms with Crippen LogP contribution in [0.15, 0.2) is 60.7 Å². The highest BCUT2D eigenvalue weighted by atomic mass is 16.5. The van der Waals surface area contributed by atoms with E-state index in [1.807, 2.05) is 42.5 Å². The minimum atomic E-state index is 0.872. The maximum atomic E-state index is 5.79. The van der Waals surface area contributed by atoms with Crippen molar-refractivity contribution in [2.24, 2.45) is 0 Å². The monoisotopic (exact) mass is 251 g/mol. The SMILES string of the molecule is C1=C(c2ccc(Oc3ccccc3)cc2)CCNC1. The normalized spacial score (nSPS) is 14.8. The van der Waals surface area contributed by atoms with Gasteiger partial charge in [-0.25, -0.2) is 0 Å². The molecule has 0 amide bonds. The molecule has 1 heterocycles. The van der Waals surface area contributed by atoms with Crippen LogP contribution in [-0.2, 0) is 0 Å². The van der Waals surface area contributed by atoms with E-state index in [-0.39, 0.29) is 0 Å². The zero-order chi connectivity index (χ0) is 12.9. The summed E-state index contributed by atoms with van der Waals surface area (Å²) in [5.41, 5.74) is 2.71. The number of rotatable bonds is 3. The lowest BCUT2D eigenvalue weighted by atomic mass is 10.0. The van der Waals surface area contributed by atoms with Gasteiger partial charge in [-0.15, -0.1) is 0 Å². The molecule has 2 aromatic carbocycles. The van der Waals surface area contributed by atoms with Crippen LogP contribution in [-0.4, -0.2) is 13.1 Å². The zero-order valence-corrected chi connectivity index (χ0v) is 10.8. The molecule has 19 heavy (non-hydrogen) atoms. The van der Waals surface area contributed by atoms with Gasteiger partial charge in [-0.1, -0.05) is 36.4 Å². The van der Waals surface area contributed by atoms with Crippen LogP contribution in [0.1, 0.15) is 12.0 Å². The van der Waals surface area contributed by atoms with Crippen molar-refractivity contribution in [1.82, 2.24) is 5.32 Å². The fourth-order valence-corrected chi connectivity index (χ4v) is 2.25. The molecule has 0 aromatic heterocycles. The van der Waals surface area contributed by atoms with Gasteiger partial charge >= 0.3 is 0 Å². The number of nitrogens with one attached hydrogen (secondary N) is 1. The Kier molecular flexibility index (Phi) is 3.61. The van der Waals surface area contributed by atoms with Crippen molar-refractivity contribution in [3.8, 4) is 11.5 Å². The smallest absolute Gasteiger partial charge is 0.127 e. The van der Waals surface area contributed by atoms with Crippen LogP contribution in [0.25, 0.3) is 5.57 Å². The Labute approximate surface area is 113 Å². The van der Waals surface area contributed by atoms with Gasteiger partial charge in [-0.05, 0) is 48.4 Å². The lowest BCUT2D eigenvalue weighted by Gasteiger charge is -2.14. The summed E-state index contributed by atoms with van der Waals surface area (Å²) in [5, 5.41) is 3.33. The Balaban J connectivity index is 1.74. The standard InChI is InChI=1S/C17H17NO/c1-2-4-16(5-3-1)19-17-8-6-14(7-9-17)15-10-12-18-13-11-15/h1-10,18H,11-13H2. The third-order valence-corrected chi connectivity index (χ3v) is 3.27. The Hall–Kier alpha value is -2.06. The van der Waals surface area contributed by atoms with Crippen LogP contribution in [0.2, 0.25) is 0 Å². The summed E-state index contributed by atoms with van der Waals surface area (Å²) < 4.78 is 5.79. The molecular weight excluding hydrogens is 234 g/mol. The molecule has 2 heteroatoms. The largest absolute Gasteiger partial charge is 0.457 e. The molecule has 0 aliphatic carbocycles. The number of hydrogen-bond acceptors (Lipinski definition) is 2. The first-order chi connectivity index (χ1) is 9.42. The van der Waals surface area contributed by atoms with Gasteiger partial charge in [0, 0.05) is 6.54 Å². The number of hydrogen-bond donors (Lipinski definition) is 1. The quantitative estimate of drug-likeness (QED) is 0.894. The van der Waals surface area contributed by atoms with Gasteiger partial charge in [0.2, 0.25) is 0 Å². The van der Waals surface area contributed by atoms with Gasteiger partial charge in [-0.2, -0.15) is 0 Å². The third kappa shape index (κ3) is 3.04. The van der Waals surface area contributed by atoms with E-state index in [4.69, 9.17) is 4.74 Å². The predicted molar refractivity (Wildman–Crippen MR) is 78.4 cm³/mol. The molecule has 0 fully saturated rings. The van der Waals surface area contributed by atoms with Gasteiger partial charge in [0.1, 0.15) is 11.5 Å². The molecule has 0 spiro atoms. The van der Waals surface area contributed by atoms with Crippen molar-refractivity contribution in [1.29, 1.82) is 0 Å². The summed E-state index contributed by atoms with van der Waals surface area (Å²) in [6, 6.07) is 18.2. The summed E-state index contributed by atoms with van der Waals surface area (Å²) in [4.78, 5) is 0. The summed E-state index contributed by atoms with van der Waals surface area (Å²) in [7, 11) is 0. The third-order valence-electron chi connectivity index (χ3n) is 3.27. The fourth-order valence-electron chi connectivity index (χ4n) is 2.25. The molecule has 0 radical (unpaired) electrons. The number of ether oxygens (including phenoxy) is 1. The Bertz CT molecular complexity index is 558. The average Bonchev–Trinajstić information content (AvgIpc) is 2.50. The van der Waals surface area contributed by atoms with Crippen molar-refractivity contribution < 1.29 is 4.74 Å². The Morgan fingerprint density at radius 2 is 1.58 bits per heavy atom. The highest BCUT2D eigenvalue weighted by Gasteiger charge is 2.05. The van der Waals surface area contributed by atoms with E-state index in [0.717, 1.165) is 31.0 Å². The highest BCUT2D eigenvalue weighted by Crippen LogP contribution is 2.25. The molecule has 2 nitrogen and oxygen atoms in total. The summed E-state index contributed by atoms with van der Waals surface area (Å²) in [5.74, 6) is 1.75. The minimum Gasteiger partial charge on any atom is -0.457 e. The van der Waals surface area contributed by atoms with E-state index in [1.165, 1.54) is 11.1 Å². The Morgan fingerprint density at radius 3 is 2.26 bits per heavy atom. The molecule has 2 aromatic rings. The number of benzene rings is 2. The van der Waals surface area contributed by atoms with Crippen LogP contribution in [0, 0.1) is 0 Å². The minimum absolute atomic E-state index is 0.872. The van der Waals surface area contributed by atoms with Crippen molar-refractivity contribution in [3.05, 3.63) is 66.2 Å². The molecule has 0 atom stereocenters. The fraction of sp³-hybridized carbons (Fsp3) is 0.176. The molecule has 1 N–H and O–H groups in total. The molecule has 0 bridgehead atoms. The lowest BCUT2D eigenvalue weighted by molar-refractivity contribution is 0.482. The van der Waals surface area contributed by atoms with Crippen LogP contribution in [0.5, 0.6) is 11.5 Å². The van der Waals surface area contributed by atoms with Gasteiger partial charge in [0.05, 0.1) is 0 Å². The van der Waals surface area contributed by atoms with Gasteiger partial charge in [0.15, 0.2) is 0 Å². The highest BCUT2D eigenvalue weighted by molar-refractivity contribution is 5.67. The van der Waals surface area contributed by atoms with E-state index in [1.54, 1.807) is 0 Å². The van der Waals surface area contributed by atoms with E-state index >= 15 is 0 Å². The first-order valence-corrected chi connectivity index (χ1v) is 6.65. The van der Waals surface area contributed by atoms with Crippen LogP contribution in [0.4, 0.5) is 0 Å². The predicted octanol–water partition coefficient (Wildman–Crippen LogP) is 3.86. The van der Waals surface area contributed by atoms with E-state index in [0.29, 0.717) is 0 Å². The van der Waals surface area contributed by atoms with Gasteiger partial charge < -0.3 is 10.1 Å². The van der Waals surface area contributed by atoms with Crippen LogP contribution in [0.3, 0.4) is 0 Å². The van der Waals surface area contributed by atoms with Crippen LogP contribution >= 0.6 is 0 Å². The molecule has 1 aliphatic heterocycles. The molecule has 1 aliphatic rings. The summed E-state index contributed by atoms with van der Waals surface area (Å²) in [6.07, 6.45) is 3.36. The maximum absolute atomic E-state index is 5.79.